The van der Waals surface area contributed by atoms with Gasteiger partial charge >= 0.3 is 0 Å². The molecule has 0 bridgehead atoms. The Morgan fingerprint density at radius 1 is 1.00 bits per heavy atom. The van der Waals surface area contributed by atoms with Crippen molar-refractivity contribution in [1.29, 1.82) is 0 Å². The highest BCUT2D eigenvalue weighted by Crippen LogP contribution is 2.27. The smallest absolute Gasteiger partial charge is 0.265 e. The van der Waals surface area contributed by atoms with Crippen LogP contribution in [0.25, 0.3) is 11.8 Å². The van der Waals surface area contributed by atoms with Gasteiger partial charge in [-0.2, -0.15) is 0 Å². The zero-order valence-corrected chi connectivity index (χ0v) is 17.1. The van der Waals surface area contributed by atoms with Crippen LogP contribution in [0.2, 0.25) is 10.0 Å². The average Bonchev–Trinajstić information content (AvgIpc) is 3.10. The van der Waals surface area contributed by atoms with Crippen molar-refractivity contribution < 1.29 is 9.59 Å². The second-order valence-corrected chi connectivity index (χ2v) is 7.02. The molecule has 1 saturated heterocycles. The first-order chi connectivity index (χ1) is 12.9. The Bertz CT molecular complexity index is 940. The fourth-order valence-electron chi connectivity index (χ4n) is 2.91. The molecule has 0 spiro atoms. The molecule has 0 atom stereocenters. The van der Waals surface area contributed by atoms with Crippen LogP contribution >= 0.6 is 35.4 Å². The number of halogens is 2. The molecule has 5 nitrogen and oxygen atoms in total. The van der Waals surface area contributed by atoms with E-state index in [1.54, 1.807) is 18.2 Å². The normalized spacial score (nSPS) is 15.0. The van der Waals surface area contributed by atoms with E-state index in [0.717, 1.165) is 5.69 Å². The van der Waals surface area contributed by atoms with Crippen molar-refractivity contribution in [2.45, 2.75) is 13.8 Å². The number of nitrogens with zero attached hydrogens (tertiary/aromatic N) is 3. The van der Waals surface area contributed by atoms with Crippen molar-refractivity contribution in [2.75, 3.05) is 13.1 Å². The van der Waals surface area contributed by atoms with E-state index >= 15 is 0 Å². The van der Waals surface area contributed by atoms with Crippen molar-refractivity contribution in [2.24, 2.45) is 0 Å². The summed E-state index contributed by atoms with van der Waals surface area (Å²) in [5, 5.41) is 1.12. The zero-order chi connectivity index (χ0) is 19.7. The first-order valence-electron chi connectivity index (χ1n) is 8.41. The standard InChI is InChI=1S/C19H17Cl2N3O2S/c1-3-22-17(25)14(18(26)23(4-2)19(22)27)10-12-6-5-9-24(12)13-7-8-15(20)16(21)11-13/h5-11H,3-4H2,1-2H3. The Morgan fingerprint density at radius 2 is 1.63 bits per heavy atom. The van der Waals surface area contributed by atoms with Gasteiger partial charge in [-0.3, -0.25) is 19.4 Å². The SMILES string of the molecule is CCN1C(=O)C(=Cc2cccn2-c2ccc(Cl)c(Cl)c2)C(=O)N(CC)C1=S. The minimum absolute atomic E-state index is 0.0762. The molecule has 0 radical (unpaired) electrons. The molecule has 3 rings (SSSR count). The number of benzene rings is 1. The second-order valence-electron chi connectivity index (χ2n) is 5.84. The third-order valence-corrected chi connectivity index (χ3v) is 5.48. The maximum absolute atomic E-state index is 12.8. The van der Waals surface area contributed by atoms with Gasteiger partial charge in [0.05, 0.1) is 10.0 Å². The van der Waals surface area contributed by atoms with Crippen LogP contribution in [-0.4, -0.2) is 44.4 Å². The van der Waals surface area contributed by atoms with E-state index in [4.69, 9.17) is 35.4 Å². The summed E-state index contributed by atoms with van der Waals surface area (Å²) in [5.74, 6) is -0.779. The summed E-state index contributed by atoms with van der Waals surface area (Å²) in [5.41, 5.74) is 1.52. The summed E-state index contributed by atoms with van der Waals surface area (Å²) < 4.78 is 1.83. The summed E-state index contributed by atoms with van der Waals surface area (Å²) in [7, 11) is 0. The highest BCUT2D eigenvalue weighted by atomic mass is 35.5. The number of hydrogen-bond donors (Lipinski definition) is 0. The van der Waals surface area contributed by atoms with E-state index in [0.29, 0.717) is 28.8 Å². The Hall–Kier alpha value is -2.15. The summed E-state index contributed by atoms with van der Waals surface area (Å²) in [6, 6.07) is 8.87. The molecule has 1 fully saturated rings. The molecule has 2 aromatic rings. The van der Waals surface area contributed by atoms with Gasteiger partial charge in [-0.15, -0.1) is 0 Å². The van der Waals surface area contributed by atoms with Crippen LogP contribution < -0.4 is 0 Å². The van der Waals surface area contributed by atoms with Crippen LogP contribution in [0, 0.1) is 0 Å². The predicted molar refractivity (Wildman–Crippen MR) is 111 cm³/mol. The first-order valence-corrected chi connectivity index (χ1v) is 9.57. The molecule has 2 heterocycles. The van der Waals surface area contributed by atoms with Gasteiger partial charge in [-0.25, -0.2) is 0 Å². The Morgan fingerprint density at radius 3 is 2.19 bits per heavy atom. The Balaban J connectivity index is 2.07. The van der Waals surface area contributed by atoms with Gasteiger partial charge < -0.3 is 4.57 Å². The fraction of sp³-hybridized carbons (Fsp3) is 0.211. The molecule has 0 aliphatic carbocycles. The summed E-state index contributed by atoms with van der Waals surface area (Å²) in [4.78, 5) is 28.4. The van der Waals surface area contributed by atoms with Crippen LogP contribution in [0.1, 0.15) is 19.5 Å². The molecule has 1 aromatic heterocycles. The van der Waals surface area contributed by atoms with Gasteiger partial charge in [-0.1, -0.05) is 23.2 Å². The van der Waals surface area contributed by atoms with Crippen LogP contribution in [0.4, 0.5) is 0 Å². The van der Waals surface area contributed by atoms with Gasteiger partial charge in [0.1, 0.15) is 5.57 Å². The number of carbonyl (C=O) groups excluding carboxylic acids is 2. The monoisotopic (exact) mass is 421 g/mol. The van der Waals surface area contributed by atoms with Crippen LogP contribution in [-0.2, 0) is 9.59 Å². The summed E-state index contributed by atoms with van der Waals surface area (Å²) >= 11 is 17.4. The van der Waals surface area contributed by atoms with Gasteiger partial charge in [0.25, 0.3) is 11.8 Å². The minimum Gasteiger partial charge on any atom is -0.317 e. The highest BCUT2D eigenvalue weighted by Gasteiger charge is 2.37. The van der Waals surface area contributed by atoms with Crippen molar-refractivity contribution in [1.82, 2.24) is 14.4 Å². The molecule has 1 aromatic carbocycles. The lowest BCUT2D eigenvalue weighted by molar-refractivity contribution is -0.133. The summed E-state index contributed by atoms with van der Waals surface area (Å²) in [6.45, 7) is 4.44. The van der Waals surface area contributed by atoms with Crippen molar-refractivity contribution in [3.63, 3.8) is 0 Å². The molecule has 2 amide bonds. The minimum atomic E-state index is -0.390. The highest BCUT2D eigenvalue weighted by molar-refractivity contribution is 7.80. The molecule has 0 unspecified atom stereocenters. The Labute approximate surface area is 172 Å². The van der Waals surface area contributed by atoms with E-state index < -0.39 is 0 Å². The largest absolute Gasteiger partial charge is 0.317 e. The van der Waals surface area contributed by atoms with Gasteiger partial charge in [0.2, 0.25) is 0 Å². The molecule has 140 valence electrons. The van der Waals surface area contributed by atoms with Crippen LogP contribution in [0.3, 0.4) is 0 Å². The number of rotatable bonds is 4. The number of thiocarbonyl (C=S) groups is 1. The third-order valence-electron chi connectivity index (χ3n) is 4.30. The maximum atomic E-state index is 12.8. The van der Waals surface area contributed by atoms with E-state index in [9.17, 15) is 9.59 Å². The van der Waals surface area contributed by atoms with Gasteiger partial charge in [-0.05, 0) is 62.5 Å². The first kappa shape index (κ1) is 19.6. The van der Waals surface area contributed by atoms with Crippen LogP contribution in [0.15, 0.2) is 42.1 Å². The van der Waals surface area contributed by atoms with E-state index in [2.05, 4.69) is 0 Å². The molecule has 8 heteroatoms. The van der Waals surface area contributed by atoms with Crippen molar-refractivity contribution in [3.8, 4) is 5.69 Å². The van der Waals surface area contributed by atoms with Crippen LogP contribution in [0.5, 0.6) is 0 Å². The molecule has 1 aliphatic heterocycles. The molecular weight excluding hydrogens is 405 g/mol. The molecule has 27 heavy (non-hydrogen) atoms. The van der Waals surface area contributed by atoms with E-state index in [1.807, 2.05) is 42.8 Å². The molecular formula is C19H17Cl2N3O2S. The zero-order valence-electron chi connectivity index (χ0n) is 14.8. The molecule has 0 N–H and O–H groups in total. The van der Waals surface area contributed by atoms with Crippen molar-refractivity contribution in [3.05, 3.63) is 57.8 Å². The topological polar surface area (TPSA) is 45.6 Å². The van der Waals surface area contributed by atoms with E-state index in [1.165, 1.54) is 9.80 Å². The van der Waals surface area contributed by atoms with Gasteiger partial charge in [0, 0.05) is 30.7 Å². The fourth-order valence-corrected chi connectivity index (χ4v) is 3.63. The second kappa shape index (κ2) is 7.84. The lowest BCUT2D eigenvalue weighted by Gasteiger charge is -2.35. The summed E-state index contributed by atoms with van der Waals surface area (Å²) in [6.07, 6.45) is 3.41. The lowest BCUT2D eigenvalue weighted by atomic mass is 10.1. The quantitative estimate of drug-likeness (QED) is 0.422. The average molecular weight is 422 g/mol. The number of carbonyl (C=O) groups is 2. The van der Waals surface area contributed by atoms with Crippen molar-refractivity contribution >= 4 is 58.4 Å². The predicted octanol–water partition coefficient (Wildman–Crippen LogP) is 4.16. The Kier molecular flexibility index (Phi) is 5.69. The number of amides is 2. The number of hydrogen-bond acceptors (Lipinski definition) is 3. The maximum Gasteiger partial charge on any atom is 0.265 e. The molecule has 0 saturated carbocycles. The molecule has 1 aliphatic rings. The van der Waals surface area contributed by atoms with Gasteiger partial charge in [0.15, 0.2) is 5.11 Å². The number of likely N-dealkylation sites (N-methyl/N-ethyl adjacent to an activating group) is 2. The van der Waals surface area contributed by atoms with E-state index in [-0.39, 0.29) is 22.5 Å². The third kappa shape index (κ3) is 3.52. The lowest BCUT2D eigenvalue weighted by Crippen LogP contribution is -2.55. The number of aromatic nitrogens is 1.